The number of hydrogen-bond acceptors (Lipinski definition) is 7. The minimum Gasteiger partial charge on any atom is -0.383 e. The number of benzene rings is 1. The largest absolute Gasteiger partial charge is 0.383 e. The summed E-state index contributed by atoms with van der Waals surface area (Å²) in [6, 6.07) is 15.6. The second-order valence-electron chi connectivity index (χ2n) is 9.87. The van der Waals surface area contributed by atoms with E-state index in [1.54, 1.807) is 24.2 Å². The molecule has 0 unspecified atom stereocenters. The van der Waals surface area contributed by atoms with E-state index in [2.05, 4.69) is 26.4 Å². The van der Waals surface area contributed by atoms with Crippen LogP contribution in [-0.4, -0.2) is 74.7 Å². The molecular weight excluding hydrogens is 492 g/mol. The molecule has 1 saturated heterocycles. The second kappa shape index (κ2) is 11.6. The van der Waals surface area contributed by atoms with E-state index in [9.17, 15) is 10.1 Å². The molecule has 10 nitrogen and oxygen atoms in total. The molecule has 1 fully saturated rings. The molecule has 0 spiro atoms. The van der Waals surface area contributed by atoms with Crippen LogP contribution in [0.5, 0.6) is 0 Å². The molecule has 4 aromatic rings. The van der Waals surface area contributed by atoms with Gasteiger partial charge in [-0.1, -0.05) is 18.2 Å². The second-order valence-corrected chi connectivity index (χ2v) is 9.87. The fourth-order valence-electron chi connectivity index (χ4n) is 5.26. The molecule has 200 valence electrons. The van der Waals surface area contributed by atoms with Crippen LogP contribution in [-0.2, 0) is 23.0 Å². The summed E-state index contributed by atoms with van der Waals surface area (Å²) in [6.07, 6.45) is 5.55. The first kappa shape index (κ1) is 26.3. The third-order valence-corrected chi connectivity index (χ3v) is 7.23. The van der Waals surface area contributed by atoms with Gasteiger partial charge in [0, 0.05) is 63.7 Å². The summed E-state index contributed by atoms with van der Waals surface area (Å²) in [5.74, 6) is -0.0435. The number of pyridine rings is 1. The molecule has 1 aliphatic heterocycles. The average molecular weight is 525 g/mol. The third kappa shape index (κ3) is 5.74. The highest BCUT2D eigenvalue weighted by Crippen LogP contribution is 2.29. The first-order chi connectivity index (χ1) is 19.0. The number of hydrogen-bond donors (Lipinski definition) is 1. The lowest BCUT2D eigenvalue weighted by Crippen LogP contribution is -2.41. The van der Waals surface area contributed by atoms with Gasteiger partial charge in [0.05, 0.1) is 36.3 Å². The molecule has 1 aromatic carbocycles. The lowest BCUT2D eigenvalue weighted by atomic mass is 9.94. The molecule has 1 aliphatic rings. The summed E-state index contributed by atoms with van der Waals surface area (Å²) in [4.78, 5) is 20.0. The number of amides is 1. The van der Waals surface area contributed by atoms with E-state index in [4.69, 9.17) is 9.84 Å². The van der Waals surface area contributed by atoms with Gasteiger partial charge in [-0.05, 0) is 42.3 Å². The minimum absolute atomic E-state index is 0.0343. The number of carbonyl (C=O) groups excluding carboxylic acids is 1. The van der Waals surface area contributed by atoms with Gasteiger partial charge in [0.1, 0.15) is 11.8 Å². The summed E-state index contributed by atoms with van der Waals surface area (Å²) in [5.41, 5.74) is 5.75. The monoisotopic (exact) mass is 524 g/mol. The van der Waals surface area contributed by atoms with E-state index in [1.807, 2.05) is 67.3 Å². The summed E-state index contributed by atoms with van der Waals surface area (Å²) in [6.45, 7) is 4.84. The van der Waals surface area contributed by atoms with Crippen LogP contribution >= 0.6 is 0 Å². The van der Waals surface area contributed by atoms with Crippen molar-refractivity contribution >= 4 is 5.91 Å². The molecule has 0 saturated carbocycles. The molecule has 39 heavy (non-hydrogen) atoms. The molecule has 3 aromatic heterocycles. The van der Waals surface area contributed by atoms with Gasteiger partial charge in [-0.15, -0.1) is 0 Å². The molecule has 0 aliphatic carbocycles. The van der Waals surface area contributed by atoms with E-state index in [1.165, 1.54) is 0 Å². The van der Waals surface area contributed by atoms with Crippen LogP contribution < -0.4 is 5.32 Å². The van der Waals surface area contributed by atoms with Crippen molar-refractivity contribution in [3.05, 3.63) is 83.6 Å². The average Bonchev–Trinajstić information content (AvgIpc) is 3.65. The number of aryl methyl sites for hydroxylation is 1. The number of nitriles is 1. The van der Waals surface area contributed by atoms with Gasteiger partial charge in [-0.2, -0.15) is 15.5 Å². The Hall–Kier alpha value is -4.33. The van der Waals surface area contributed by atoms with E-state index < -0.39 is 0 Å². The number of nitrogens with zero attached hydrogens (tertiary/aromatic N) is 7. The Bertz CT molecular complexity index is 1490. The summed E-state index contributed by atoms with van der Waals surface area (Å²) in [7, 11) is 3.56. The zero-order valence-electron chi connectivity index (χ0n) is 22.4. The van der Waals surface area contributed by atoms with Crippen molar-refractivity contribution in [2.45, 2.75) is 25.3 Å². The highest BCUT2D eigenvalue weighted by molar-refractivity contribution is 5.80. The molecule has 10 heteroatoms. The number of rotatable bonds is 9. The molecule has 0 radical (unpaired) electrons. The van der Waals surface area contributed by atoms with Gasteiger partial charge in [-0.25, -0.2) is 9.67 Å². The van der Waals surface area contributed by atoms with E-state index in [-0.39, 0.29) is 24.3 Å². The normalized spacial score (nSPS) is 17.3. The topological polar surface area (TPSA) is 114 Å². The number of likely N-dealkylation sites (tertiary alicyclic amines) is 1. The third-order valence-electron chi connectivity index (χ3n) is 7.23. The van der Waals surface area contributed by atoms with Crippen molar-refractivity contribution in [2.24, 2.45) is 7.05 Å². The SMILES string of the molecule is COCCN1C[C@@H](NC(=O)Cc2c(C)c(-c3cnn(C)c3)nn2-c2ccccc2)[C@H](c2ccnc(C#N)c2)C1. The highest BCUT2D eigenvalue weighted by atomic mass is 16.5. The molecule has 0 bridgehead atoms. The van der Waals surface area contributed by atoms with Crippen LogP contribution in [0.15, 0.2) is 61.1 Å². The van der Waals surface area contributed by atoms with Crippen molar-refractivity contribution in [1.82, 2.24) is 34.8 Å². The maximum absolute atomic E-state index is 13.6. The predicted octanol–water partition coefficient (Wildman–Crippen LogP) is 2.62. The number of carbonyl (C=O) groups is 1. The molecule has 5 rings (SSSR count). The lowest BCUT2D eigenvalue weighted by Gasteiger charge is -2.20. The highest BCUT2D eigenvalue weighted by Gasteiger charge is 2.35. The van der Waals surface area contributed by atoms with Gasteiger partial charge in [-0.3, -0.25) is 14.4 Å². The summed E-state index contributed by atoms with van der Waals surface area (Å²) >= 11 is 0. The molecule has 1 N–H and O–H groups in total. The van der Waals surface area contributed by atoms with Gasteiger partial charge < -0.3 is 10.1 Å². The van der Waals surface area contributed by atoms with E-state index in [0.717, 1.165) is 46.9 Å². The molecular formula is C29H32N8O2. The summed E-state index contributed by atoms with van der Waals surface area (Å²) in [5, 5.41) is 21.9. The van der Waals surface area contributed by atoms with Crippen molar-refractivity contribution in [2.75, 3.05) is 33.4 Å². The Balaban J connectivity index is 1.42. The van der Waals surface area contributed by atoms with Crippen LogP contribution in [0.1, 0.15) is 28.4 Å². The zero-order chi connectivity index (χ0) is 27.4. The van der Waals surface area contributed by atoms with Crippen LogP contribution in [0.25, 0.3) is 16.9 Å². The number of nitrogens with one attached hydrogen (secondary N) is 1. The zero-order valence-corrected chi connectivity index (χ0v) is 22.4. The number of methoxy groups -OCH3 is 1. The van der Waals surface area contributed by atoms with Crippen LogP contribution in [0, 0.1) is 18.3 Å². The van der Waals surface area contributed by atoms with Gasteiger partial charge in [0.2, 0.25) is 5.91 Å². The van der Waals surface area contributed by atoms with E-state index >= 15 is 0 Å². The maximum Gasteiger partial charge on any atom is 0.226 e. The quantitative estimate of drug-likeness (QED) is 0.358. The Morgan fingerprint density at radius 3 is 2.77 bits per heavy atom. The smallest absolute Gasteiger partial charge is 0.226 e. The van der Waals surface area contributed by atoms with Crippen molar-refractivity contribution < 1.29 is 9.53 Å². The lowest BCUT2D eigenvalue weighted by molar-refractivity contribution is -0.121. The number of aromatic nitrogens is 5. The van der Waals surface area contributed by atoms with E-state index in [0.29, 0.717) is 18.8 Å². The van der Waals surface area contributed by atoms with Crippen LogP contribution in [0.4, 0.5) is 0 Å². The van der Waals surface area contributed by atoms with Crippen molar-refractivity contribution in [1.29, 1.82) is 5.26 Å². The van der Waals surface area contributed by atoms with Crippen LogP contribution in [0.3, 0.4) is 0 Å². The number of para-hydroxylation sites is 1. The number of ether oxygens (including phenoxy) is 1. The molecule has 4 heterocycles. The van der Waals surface area contributed by atoms with Crippen molar-refractivity contribution in [3.63, 3.8) is 0 Å². The van der Waals surface area contributed by atoms with Gasteiger partial charge >= 0.3 is 0 Å². The Kier molecular flexibility index (Phi) is 7.81. The van der Waals surface area contributed by atoms with Crippen molar-refractivity contribution in [3.8, 4) is 23.0 Å². The minimum atomic E-state index is -0.116. The predicted molar refractivity (Wildman–Crippen MR) is 146 cm³/mol. The fourth-order valence-corrected chi connectivity index (χ4v) is 5.26. The Labute approximate surface area is 227 Å². The fraction of sp³-hybridized carbons (Fsp3) is 0.345. The van der Waals surface area contributed by atoms with Gasteiger partial charge in [0.25, 0.3) is 0 Å². The molecule has 2 atom stereocenters. The van der Waals surface area contributed by atoms with Crippen LogP contribution in [0.2, 0.25) is 0 Å². The van der Waals surface area contributed by atoms with Gasteiger partial charge in [0.15, 0.2) is 0 Å². The standard InChI is InChI=1S/C29H32N8O2/c1-20-27(37(24-7-5-4-6-8-24)34-29(20)22-16-32-35(2)17-22)14-28(38)33-26-19-36(11-12-39-3)18-25(26)21-9-10-31-23(13-21)15-30/h4-10,13,16-17,25-26H,11-12,14,18-19H2,1-3H3,(H,33,38)/t25-,26+/m0/s1. The first-order valence-corrected chi connectivity index (χ1v) is 13.0. The first-order valence-electron chi connectivity index (χ1n) is 13.0. The Morgan fingerprint density at radius 1 is 1.23 bits per heavy atom. The Morgan fingerprint density at radius 2 is 2.05 bits per heavy atom. The molecule has 1 amide bonds. The maximum atomic E-state index is 13.6. The summed E-state index contributed by atoms with van der Waals surface area (Å²) < 4.78 is 8.89.